The van der Waals surface area contributed by atoms with Gasteiger partial charge in [-0.05, 0) is 25.5 Å². The Morgan fingerprint density at radius 1 is 1.36 bits per heavy atom. The largest absolute Gasteiger partial charge is 0.242 e. The molecule has 0 spiro atoms. The number of hydrogen-bond acceptors (Lipinski definition) is 0. The Morgan fingerprint density at radius 2 is 1.91 bits per heavy atom. The molecular formula is C9H12F2. The highest BCUT2D eigenvalue weighted by Crippen LogP contribution is 2.31. The summed E-state index contributed by atoms with van der Waals surface area (Å²) in [7, 11) is 0. The summed E-state index contributed by atoms with van der Waals surface area (Å²) in [6.07, 6.45) is 0.274. The topological polar surface area (TPSA) is 0 Å². The van der Waals surface area contributed by atoms with Crippen molar-refractivity contribution in [3.63, 3.8) is 0 Å². The summed E-state index contributed by atoms with van der Waals surface area (Å²) in [6, 6.07) is 0. The third-order valence-electron chi connectivity index (χ3n) is 2.30. The van der Waals surface area contributed by atoms with Gasteiger partial charge in [0.1, 0.15) is 12.0 Å². The van der Waals surface area contributed by atoms with E-state index in [1.807, 2.05) is 0 Å². The van der Waals surface area contributed by atoms with Gasteiger partial charge in [-0.3, -0.25) is 0 Å². The van der Waals surface area contributed by atoms with Crippen LogP contribution >= 0.6 is 0 Å². The molecule has 0 aliphatic heterocycles. The lowest BCUT2D eigenvalue weighted by atomic mass is 9.88. The molecule has 0 radical (unpaired) electrons. The van der Waals surface area contributed by atoms with Gasteiger partial charge in [-0.1, -0.05) is 12.5 Å². The molecule has 2 atom stereocenters. The van der Waals surface area contributed by atoms with Crippen molar-refractivity contribution >= 4 is 0 Å². The fraction of sp³-hybridized carbons (Fsp3) is 0.556. The van der Waals surface area contributed by atoms with Crippen LogP contribution in [-0.2, 0) is 0 Å². The lowest BCUT2D eigenvalue weighted by Gasteiger charge is -2.22. The van der Waals surface area contributed by atoms with Crippen LogP contribution in [0.2, 0.25) is 0 Å². The van der Waals surface area contributed by atoms with Crippen LogP contribution in [0, 0.1) is 5.92 Å². The van der Waals surface area contributed by atoms with E-state index in [9.17, 15) is 8.78 Å². The Balaban J connectivity index is 3.01. The van der Waals surface area contributed by atoms with Gasteiger partial charge in [0, 0.05) is 5.92 Å². The fourth-order valence-corrected chi connectivity index (χ4v) is 1.18. The Bertz CT molecular complexity index is 226. The monoisotopic (exact) mass is 158 g/mol. The molecule has 0 heterocycles. The molecule has 11 heavy (non-hydrogen) atoms. The van der Waals surface area contributed by atoms with Gasteiger partial charge in [0.25, 0.3) is 0 Å². The normalized spacial score (nSPS) is 32.3. The standard InChI is InChI=1S/C9H12F2/c1-5-4-8(10)7(3)9(11)6(5)2/h4,6,9H,1-3H3. The zero-order chi connectivity index (χ0) is 8.59. The van der Waals surface area contributed by atoms with Crippen LogP contribution in [0.15, 0.2) is 23.0 Å². The Hall–Kier alpha value is -0.660. The van der Waals surface area contributed by atoms with Crippen LogP contribution in [0.4, 0.5) is 8.78 Å². The van der Waals surface area contributed by atoms with Gasteiger partial charge in [-0.15, -0.1) is 0 Å². The quantitative estimate of drug-likeness (QED) is 0.508. The first-order chi connectivity index (χ1) is 5.04. The van der Waals surface area contributed by atoms with Gasteiger partial charge in [0.05, 0.1) is 0 Å². The van der Waals surface area contributed by atoms with Crippen molar-refractivity contribution in [3.05, 3.63) is 23.0 Å². The van der Waals surface area contributed by atoms with Crippen molar-refractivity contribution in [3.8, 4) is 0 Å². The molecule has 0 fully saturated rings. The minimum absolute atomic E-state index is 0.172. The van der Waals surface area contributed by atoms with Crippen LogP contribution in [0.25, 0.3) is 0 Å². The van der Waals surface area contributed by atoms with Crippen LogP contribution in [0.5, 0.6) is 0 Å². The summed E-state index contributed by atoms with van der Waals surface area (Å²) in [5.74, 6) is -0.581. The molecule has 0 saturated carbocycles. The third-order valence-corrected chi connectivity index (χ3v) is 2.30. The van der Waals surface area contributed by atoms with Crippen molar-refractivity contribution in [1.82, 2.24) is 0 Å². The predicted molar refractivity (Wildman–Crippen MR) is 41.6 cm³/mol. The van der Waals surface area contributed by atoms with Crippen LogP contribution in [0.1, 0.15) is 20.8 Å². The van der Waals surface area contributed by atoms with E-state index in [4.69, 9.17) is 0 Å². The average Bonchev–Trinajstić information content (AvgIpc) is 1.97. The smallest absolute Gasteiger partial charge is 0.130 e. The maximum atomic E-state index is 13.1. The van der Waals surface area contributed by atoms with Gasteiger partial charge in [0.15, 0.2) is 0 Å². The molecule has 0 nitrogen and oxygen atoms in total. The van der Waals surface area contributed by atoms with Gasteiger partial charge in [-0.25, -0.2) is 8.78 Å². The molecule has 0 aromatic carbocycles. The second-order valence-corrected chi connectivity index (χ2v) is 3.11. The van der Waals surface area contributed by atoms with E-state index in [-0.39, 0.29) is 11.5 Å². The number of halogens is 2. The highest BCUT2D eigenvalue weighted by molar-refractivity contribution is 5.32. The highest BCUT2D eigenvalue weighted by Gasteiger charge is 2.25. The molecule has 2 heteroatoms. The molecule has 0 bridgehead atoms. The van der Waals surface area contributed by atoms with E-state index >= 15 is 0 Å². The molecule has 1 aliphatic carbocycles. The highest BCUT2D eigenvalue weighted by atomic mass is 19.1. The van der Waals surface area contributed by atoms with Crippen LogP contribution in [-0.4, -0.2) is 6.17 Å². The second-order valence-electron chi connectivity index (χ2n) is 3.11. The van der Waals surface area contributed by atoms with E-state index in [0.29, 0.717) is 0 Å². The Labute approximate surface area is 65.6 Å². The van der Waals surface area contributed by atoms with E-state index in [2.05, 4.69) is 0 Å². The van der Waals surface area contributed by atoms with Crippen molar-refractivity contribution in [1.29, 1.82) is 0 Å². The van der Waals surface area contributed by atoms with Gasteiger partial charge >= 0.3 is 0 Å². The number of rotatable bonds is 0. The second kappa shape index (κ2) is 2.76. The van der Waals surface area contributed by atoms with Crippen molar-refractivity contribution in [2.75, 3.05) is 0 Å². The van der Waals surface area contributed by atoms with E-state index in [0.717, 1.165) is 5.57 Å². The molecule has 1 aliphatic rings. The lowest BCUT2D eigenvalue weighted by molar-refractivity contribution is 0.298. The Kier molecular flexibility index (Phi) is 2.12. The van der Waals surface area contributed by atoms with Gasteiger partial charge < -0.3 is 0 Å². The van der Waals surface area contributed by atoms with Gasteiger partial charge in [0.2, 0.25) is 0 Å². The van der Waals surface area contributed by atoms with Crippen LogP contribution < -0.4 is 0 Å². The lowest BCUT2D eigenvalue weighted by Crippen LogP contribution is -2.19. The summed E-state index contributed by atoms with van der Waals surface area (Å²) in [4.78, 5) is 0. The van der Waals surface area contributed by atoms with Crippen molar-refractivity contribution < 1.29 is 8.78 Å². The van der Waals surface area contributed by atoms with Crippen LogP contribution in [0.3, 0.4) is 0 Å². The maximum absolute atomic E-state index is 13.1. The minimum Gasteiger partial charge on any atom is -0.242 e. The molecule has 0 aromatic rings. The van der Waals surface area contributed by atoms with E-state index in [1.165, 1.54) is 13.0 Å². The number of alkyl halides is 1. The molecule has 0 saturated heterocycles. The average molecular weight is 158 g/mol. The fourth-order valence-electron chi connectivity index (χ4n) is 1.18. The van der Waals surface area contributed by atoms with E-state index < -0.39 is 12.0 Å². The van der Waals surface area contributed by atoms with Gasteiger partial charge in [-0.2, -0.15) is 0 Å². The number of allylic oxidation sites excluding steroid dienone is 4. The first-order valence-corrected chi connectivity index (χ1v) is 3.72. The summed E-state index contributed by atoms with van der Waals surface area (Å²) in [5.41, 5.74) is 1.00. The summed E-state index contributed by atoms with van der Waals surface area (Å²) < 4.78 is 25.9. The SMILES string of the molecule is CC1=CC(F)=C(C)C(F)C1C. The predicted octanol–water partition coefficient (Wildman–Crippen LogP) is 3.16. The molecule has 0 N–H and O–H groups in total. The summed E-state index contributed by atoms with van der Waals surface area (Å²) in [6.45, 7) is 5.02. The Morgan fingerprint density at radius 3 is 2.45 bits per heavy atom. The minimum atomic E-state index is -1.14. The molecule has 0 amide bonds. The first-order valence-electron chi connectivity index (χ1n) is 3.72. The molecule has 1 rings (SSSR count). The van der Waals surface area contributed by atoms with Crippen molar-refractivity contribution in [2.24, 2.45) is 5.92 Å². The zero-order valence-electron chi connectivity index (χ0n) is 6.99. The summed E-state index contributed by atoms with van der Waals surface area (Å²) >= 11 is 0. The molecule has 0 aromatic heterocycles. The zero-order valence-corrected chi connectivity index (χ0v) is 6.99. The van der Waals surface area contributed by atoms with E-state index in [1.54, 1.807) is 13.8 Å². The third kappa shape index (κ3) is 1.35. The number of hydrogen-bond donors (Lipinski definition) is 0. The summed E-state index contributed by atoms with van der Waals surface area (Å²) in [5, 5.41) is 0. The maximum Gasteiger partial charge on any atom is 0.130 e. The molecule has 2 unspecified atom stereocenters. The molecular weight excluding hydrogens is 146 g/mol. The van der Waals surface area contributed by atoms with Crippen molar-refractivity contribution in [2.45, 2.75) is 26.9 Å². The molecule has 62 valence electrons. The first kappa shape index (κ1) is 8.44.